The zero-order valence-electron chi connectivity index (χ0n) is 9.20. The zero-order chi connectivity index (χ0) is 11.7. The third-order valence-electron chi connectivity index (χ3n) is 2.32. The highest BCUT2D eigenvalue weighted by Crippen LogP contribution is 2.22. The lowest BCUT2D eigenvalue weighted by atomic mass is 10.1. The average Bonchev–Trinajstić information content (AvgIpc) is 2.14. The van der Waals surface area contributed by atoms with Crippen LogP contribution in [0.3, 0.4) is 0 Å². The number of unbranched alkanes of at least 4 members (excludes halogenated alkanes) is 6. The van der Waals surface area contributed by atoms with Crippen molar-refractivity contribution in [2.45, 2.75) is 63.7 Å². The third kappa shape index (κ3) is 8.79. The molecule has 0 rings (SSSR count). The van der Waals surface area contributed by atoms with Crippen molar-refractivity contribution in [1.29, 1.82) is 0 Å². The molecule has 4 heteroatoms. The van der Waals surface area contributed by atoms with Gasteiger partial charge in [-0.15, -0.1) is 0 Å². The molecule has 0 atom stereocenters. The molecule has 0 aromatic heterocycles. The molecular formula is C11H19ClF2O. The molecule has 0 aliphatic heterocycles. The number of halogens is 3. The lowest BCUT2D eigenvalue weighted by Gasteiger charge is -2.05. The molecule has 0 saturated heterocycles. The lowest BCUT2D eigenvalue weighted by Crippen LogP contribution is -2.20. The quantitative estimate of drug-likeness (QED) is 0.428. The van der Waals surface area contributed by atoms with Gasteiger partial charge in [0.1, 0.15) is 0 Å². The Labute approximate surface area is 95.2 Å². The van der Waals surface area contributed by atoms with Crippen molar-refractivity contribution >= 4 is 17.4 Å². The van der Waals surface area contributed by atoms with Gasteiger partial charge < -0.3 is 0 Å². The maximum Gasteiger partial charge on any atom is 0.380 e. The lowest BCUT2D eigenvalue weighted by molar-refractivity contribution is -0.133. The van der Waals surface area contributed by atoms with E-state index in [0.717, 1.165) is 19.3 Å². The second-order valence-electron chi connectivity index (χ2n) is 3.79. The van der Waals surface area contributed by atoms with Crippen LogP contribution in [0.2, 0.25) is 0 Å². The molecule has 0 aliphatic carbocycles. The van der Waals surface area contributed by atoms with Crippen LogP contribution in [0.4, 0.5) is 8.78 Å². The van der Waals surface area contributed by atoms with Crippen LogP contribution in [0.5, 0.6) is 0 Å². The van der Waals surface area contributed by atoms with Gasteiger partial charge >= 0.3 is 5.38 Å². The minimum absolute atomic E-state index is 0.107. The first kappa shape index (κ1) is 14.8. The van der Waals surface area contributed by atoms with Crippen molar-refractivity contribution < 1.29 is 13.6 Å². The summed E-state index contributed by atoms with van der Waals surface area (Å²) in [5, 5.41) is -3.66. The Morgan fingerprint density at radius 1 is 1.07 bits per heavy atom. The Morgan fingerprint density at radius 2 is 1.53 bits per heavy atom. The number of alkyl halides is 3. The maximum absolute atomic E-state index is 12.2. The molecule has 0 bridgehead atoms. The first-order valence-electron chi connectivity index (χ1n) is 5.58. The molecule has 1 nitrogen and oxygen atoms in total. The molecule has 0 heterocycles. The minimum atomic E-state index is -3.66. The van der Waals surface area contributed by atoms with Crippen LogP contribution in [0.25, 0.3) is 0 Å². The van der Waals surface area contributed by atoms with E-state index in [1.54, 1.807) is 0 Å². The number of hydrogen-bond acceptors (Lipinski definition) is 1. The van der Waals surface area contributed by atoms with Crippen LogP contribution >= 0.6 is 11.6 Å². The molecule has 0 saturated carbocycles. The highest BCUT2D eigenvalue weighted by Gasteiger charge is 2.34. The molecule has 15 heavy (non-hydrogen) atoms. The minimum Gasteiger partial charge on any atom is -0.291 e. The Morgan fingerprint density at radius 3 is 2.00 bits per heavy atom. The van der Waals surface area contributed by atoms with Gasteiger partial charge in [-0.3, -0.25) is 4.79 Å². The molecular weight excluding hydrogens is 222 g/mol. The Hall–Kier alpha value is -0.180. The fourth-order valence-electron chi connectivity index (χ4n) is 1.38. The van der Waals surface area contributed by atoms with Crippen LogP contribution in [0, 0.1) is 0 Å². The number of rotatable bonds is 9. The molecule has 0 spiro atoms. The highest BCUT2D eigenvalue weighted by molar-refractivity contribution is 6.32. The molecule has 0 N–H and O–H groups in total. The summed E-state index contributed by atoms with van der Waals surface area (Å²) in [5.74, 6) is -1.15. The van der Waals surface area contributed by atoms with Crippen molar-refractivity contribution in [2.75, 3.05) is 0 Å². The monoisotopic (exact) mass is 240 g/mol. The molecule has 90 valence electrons. The van der Waals surface area contributed by atoms with Gasteiger partial charge in [-0.25, -0.2) is 0 Å². The summed E-state index contributed by atoms with van der Waals surface area (Å²) >= 11 is 4.58. The van der Waals surface area contributed by atoms with Gasteiger partial charge in [0.2, 0.25) is 5.78 Å². The van der Waals surface area contributed by atoms with Gasteiger partial charge in [-0.05, 0) is 18.0 Å². The van der Waals surface area contributed by atoms with E-state index in [0.29, 0.717) is 6.42 Å². The second kappa shape index (κ2) is 8.03. The van der Waals surface area contributed by atoms with E-state index >= 15 is 0 Å². The maximum atomic E-state index is 12.2. The first-order valence-corrected chi connectivity index (χ1v) is 5.96. The summed E-state index contributed by atoms with van der Waals surface area (Å²) in [7, 11) is 0. The molecule has 0 amide bonds. The fourth-order valence-corrected chi connectivity index (χ4v) is 1.48. The van der Waals surface area contributed by atoms with Crippen LogP contribution in [-0.2, 0) is 4.79 Å². The molecule has 0 unspecified atom stereocenters. The standard InChI is InChI=1S/C11H19ClF2O/c1-2-3-4-5-6-7-8-9-10(15)11(12,13)14/h2-9H2,1H3. The molecule has 0 aromatic rings. The van der Waals surface area contributed by atoms with Crippen LogP contribution in [0.15, 0.2) is 0 Å². The summed E-state index contributed by atoms with van der Waals surface area (Å²) in [5.41, 5.74) is 0. The highest BCUT2D eigenvalue weighted by atomic mass is 35.5. The van der Waals surface area contributed by atoms with Crippen LogP contribution in [0.1, 0.15) is 58.3 Å². The summed E-state index contributed by atoms with van der Waals surface area (Å²) in [4.78, 5) is 10.7. The second-order valence-corrected chi connectivity index (χ2v) is 4.27. The number of ketones is 1. The van der Waals surface area contributed by atoms with E-state index in [1.807, 2.05) is 0 Å². The van der Waals surface area contributed by atoms with Crippen LogP contribution in [-0.4, -0.2) is 11.2 Å². The third-order valence-corrected chi connectivity index (χ3v) is 2.53. The molecule has 0 fully saturated rings. The summed E-state index contributed by atoms with van der Waals surface area (Å²) in [6.07, 6.45) is 6.99. The molecule has 0 aliphatic rings. The van der Waals surface area contributed by atoms with E-state index in [9.17, 15) is 13.6 Å². The predicted octanol–water partition coefficient (Wildman–Crippen LogP) is 4.53. The van der Waals surface area contributed by atoms with Gasteiger partial charge in [0, 0.05) is 6.42 Å². The SMILES string of the molecule is CCCCCCCCCC(=O)C(F)(F)Cl. The number of carbonyl (C=O) groups excluding carboxylic acids is 1. The van der Waals surface area contributed by atoms with Gasteiger partial charge in [-0.1, -0.05) is 45.4 Å². The van der Waals surface area contributed by atoms with Crippen molar-refractivity contribution in [1.82, 2.24) is 0 Å². The van der Waals surface area contributed by atoms with E-state index < -0.39 is 11.2 Å². The number of hydrogen-bond donors (Lipinski definition) is 0. The fraction of sp³-hybridized carbons (Fsp3) is 0.909. The molecule has 0 radical (unpaired) electrons. The van der Waals surface area contributed by atoms with Crippen LogP contribution < -0.4 is 0 Å². The first-order chi connectivity index (χ1) is 6.98. The van der Waals surface area contributed by atoms with E-state index in [-0.39, 0.29) is 6.42 Å². The summed E-state index contributed by atoms with van der Waals surface area (Å²) in [6.45, 7) is 2.14. The largest absolute Gasteiger partial charge is 0.380 e. The van der Waals surface area contributed by atoms with E-state index in [2.05, 4.69) is 18.5 Å². The zero-order valence-corrected chi connectivity index (χ0v) is 9.95. The summed E-state index contributed by atoms with van der Waals surface area (Å²) < 4.78 is 24.4. The topological polar surface area (TPSA) is 17.1 Å². The van der Waals surface area contributed by atoms with Gasteiger partial charge in [0.15, 0.2) is 0 Å². The van der Waals surface area contributed by atoms with E-state index in [1.165, 1.54) is 19.3 Å². The van der Waals surface area contributed by atoms with Crippen molar-refractivity contribution in [2.24, 2.45) is 0 Å². The van der Waals surface area contributed by atoms with Crippen molar-refractivity contribution in [3.8, 4) is 0 Å². The Kier molecular flexibility index (Phi) is 7.93. The smallest absolute Gasteiger partial charge is 0.291 e. The van der Waals surface area contributed by atoms with Gasteiger partial charge in [0.25, 0.3) is 0 Å². The van der Waals surface area contributed by atoms with Crippen molar-refractivity contribution in [3.63, 3.8) is 0 Å². The number of carbonyl (C=O) groups is 1. The molecule has 0 aromatic carbocycles. The predicted molar refractivity (Wildman–Crippen MR) is 58.4 cm³/mol. The number of Topliss-reactive ketones (excluding diaryl/α,β-unsaturated/α-hetero) is 1. The van der Waals surface area contributed by atoms with E-state index in [4.69, 9.17) is 0 Å². The normalized spacial score (nSPS) is 11.7. The van der Waals surface area contributed by atoms with Gasteiger partial charge in [-0.2, -0.15) is 8.78 Å². The Balaban J connectivity index is 3.28. The van der Waals surface area contributed by atoms with Crippen molar-refractivity contribution in [3.05, 3.63) is 0 Å². The Bertz CT molecular complexity index is 178. The van der Waals surface area contributed by atoms with Gasteiger partial charge in [0.05, 0.1) is 0 Å². The summed E-state index contributed by atoms with van der Waals surface area (Å²) in [6, 6.07) is 0. The average molecular weight is 241 g/mol.